The van der Waals surface area contributed by atoms with Gasteiger partial charge in [0.25, 0.3) is 0 Å². The summed E-state index contributed by atoms with van der Waals surface area (Å²) in [4.78, 5) is 28.1. The molecule has 1 aromatic rings. The van der Waals surface area contributed by atoms with Crippen LogP contribution in [0, 0.1) is 11.8 Å². The van der Waals surface area contributed by atoms with Crippen LogP contribution in [-0.4, -0.2) is 42.8 Å². The minimum Gasteiger partial charge on any atom is -0.466 e. The predicted octanol–water partition coefficient (Wildman–Crippen LogP) is 2.25. The Morgan fingerprint density at radius 2 is 2.08 bits per heavy atom. The first-order chi connectivity index (χ1) is 12.7. The summed E-state index contributed by atoms with van der Waals surface area (Å²) in [5.41, 5.74) is 1.97. The summed E-state index contributed by atoms with van der Waals surface area (Å²) in [7, 11) is 0. The van der Waals surface area contributed by atoms with Gasteiger partial charge in [0.1, 0.15) is 0 Å². The summed E-state index contributed by atoms with van der Waals surface area (Å²) in [5, 5.41) is 0. The normalized spacial score (nSPS) is 31.3. The second kappa shape index (κ2) is 5.89. The van der Waals surface area contributed by atoms with Crippen LogP contribution in [0.5, 0.6) is 11.5 Å². The van der Waals surface area contributed by atoms with E-state index in [0.717, 1.165) is 49.1 Å². The van der Waals surface area contributed by atoms with Crippen molar-refractivity contribution in [3.8, 4) is 11.5 Å². The summed E-state index contributed by atoms with van der Waals surface area (Å²) in [5.74, 6) is 0.525. The predicted molar refractivity (Wildman–Crippen MR) is 92.0 cm³/mol. The average molecular weight is 357 g/mol. The van der Waals surface area contributed by atoms with Crippen molar-refractivity contribution in [2.45, 2.75) is 44.6 Å². The third-order valence-corrected chi connectivity index (χ3v) is 6.40. The highest BCUT2D eigenvalue weighted by Gasteiger charge is 2.56. The number of hydrogen-bond donors (Lipinski definition) is 0. The van der Waals surface area contributed by atoms with Gasteiger partial charge in [0.05, 0.1) is 18.4 Å². The summed E-state index contributed by atoms with van der Waals surface area (Å²) >= 11 is 0. The Kier molecular flexibility index (Phi) is 3.62. The lowest BCUT2D eigenvalue weighted by Crippen LogP contribution is -2.39. The molecule has 1 aromatic carbocycles. The van der Waals surface area contributed by atoms with Gasteiger partial charge >= 0.3 is 5.97 Å². The third-order valence-electron chi connectivity index (χ3n) is 6.40. The molecule has 0 saturated carbocycles. The lowest BCUT2D eigenvalue weighted by Gasteiger charge is -2.36. The molecular weight excluding hydrogens is 334 g/mol. The highest BCUT2D eigenvalue weighted by molar-refractivity contribution is 5.92. The zero-order chi connectivity index (χ0) is 17.8. The molecular formula is C20H23NO5. The number of fused-ring (bicyclic) bond motifs is 5. The molecule has 4 unspecified atom stereocenters. The fourth-order valence-electron chi connectivity index (χ4n) is 5.36. The van der Waals surface area contributed by atoms with Crippen LogP contribution in [0.25, 0.3) is 0 Å². The molecule has 3 heterocycles. The minimum atomic E-state index is -0.545. The molecule has 0 N–H and O–H groups in total. The Morgan fingerprint density at radius 3 is 2.88 bits per heavy atom. The molecule has 0 spiro atoms. The molecule has 138 valence electrons. The fourth-order valence-corrected chi connectivity index (χ4v) is 5.36. The number of piperidine rings is 1. The molecule has 0 radical (unpaired) electrons. The Bertz CT molecular complexity index is 776. The van der Waals surface area contributed by atoms with Crippen LogP contribution >= 0.6 is 0 Å². The Morgan fingerprint density at radius 1 is 1.27 bits per heavy atom. The first-order valence-corrected chi connectivity index (χ1v) is 9.58. The van der Waals surface area contributed by atoms with Crippen molar-refractivity contribution in [3.05, 3.63) is 23.3 Å². The Hall–Kier alpha value is -2.24. The SMILES string of the molecule is CCOC(=O)C1c2cc3c(cc2CC2C1C(=O)N1CCCCC21)OCO3. The molecule has 3 aliphatic heterocycles. The quantitative estimate of drug-likeness (QED) is 0.760. The number of rotatable bonds is 2. The maximum atomic E-state index is 13.2. The highest BCUT2D eigenvalue weighted by Crippen LogP contribution is 2.52. The number of ether oxygens (including phenoxy) is 3. The van der Waals surface area contributed by atoms with Gasteiger partial charge in [0, 0.05) is 12.6 Å². The minimum absolute atomic E-state index is 0.126. The first kappa shape index (κ1) is 16.0. The van der Waals surface area contributed by atoms with Crippen molar-refractivity contribution in [2.75, 3.05) is 19.9 Å². The van der Waals surface area contributed by atoms with Crippen LogP contribution in [-0.2, 0) is 20.7 Å². The van der Waals surface area contributed by atoms with Gasteiger partial charge in [-0.1, -0.05) is 0 Å². The largest absolute Gasteiger partial charge is 0.466 e. The first-order valence-electron chi connectivity index (χ1n) is 9.58. The summed E-state index contributed by atoms with van der Waals surface area (Å²) in [6.45, 7) is 3.13. The molecule has 6 nitrogen and oxygen atoms in total. The van der Waals surface area contributed by atoms with Crippen LogP contribution in [0.4, 0.5) is 0 Å². The molecule has 5 rings (SSSR count). The van der Waals surface area contributed by atoms with Gasteiger partial charge in [-0.15, -0.1) is 0 Å². The molecule has 1 amide bonds. The van der Waals surface area contributed by atoms with Crippen LogP contribution in [0.2, 0.25) is 0 Å². The monoisotopic (exact) mass is 357 g/mol. The lowest BCUT2D eigenvalue weighted by molar-refractivity contribution is -0.150. The van der Waals surface area contributed by atoms with Gasteiger partial charge < -0.3 is 19.1 Å². The number of hydrogen-bond acceptors (Lipinski definition) is 5. The van der Waals surface area contributed by atoms with Crippen molar-refractivity contribution in [1.82, 2.24) is 4.90 Å². The maximum absolute atomic E-state index is 13.2. The van der Waals surface area contributed by atoms with E-state index in [1.54, 1.807) is 6.92 Å². The number of carbonyl (C=O) groups excluding carboxylic acids is 2. The van der Waals surface area contributed by atoms with Gasteiger partial charge in [0.2, 0.25) is 12.7 Å². The van der Waals surface area contributed by atoms with Crippen LogP contribution < -0.4 is 9.47 Å². The van der Waals surface area contributed by atoms with Gasteiger partial charge in [-0.2, -0.15) is 0 Å². The van der Waals surface area contributed by atoms with Crippen LogP contribution in [0.3, 0.4) is 0 Å². The number of carbonyl (C=O) groups is 2. The number of amides is 1. The fraction of sp³-hybridized carbons (Fsp3) is 0.600. The number of esters is 1. The molecule has 26 heavy (non-hydrogen) atoms. The second-order valence-corrected chi connectivity index (χ2v) is 7.62. The zero-order valence-electron chi connectivity index (χ0n) is 14.9. The maximum Gasteiger partial charge on any atom is 0.314 e. The van der Waals surface area contributed by atoms with Crippen molar-refractivity contribution in [2.24, 2.45) is 11.8 Å². The standard InChI is InChI=1S/C20H23NO5/c1-2-24-20(23)18-12-9-16-15(25-10-26-16)8-11(12)7-13-14-5-3-4-6-21(14)19(22)17(13)18/h8-9,13-14,17-18H,2-7,10H2,1H3. The van der Waals surface area contributed by atoms with E-state index < -0.39 is 5.92 Å². The van der Waals surface area contributed by atoms with Gasteiger partial charge in [-0.3, -0.25) is 9.59 Å². The molecule has 2 saturated heterocycles. The molecule has 2 fully saturated rings. The van der Waals surface area contributed by atoms with Crippen molar-refractivity contribution >= 4 is 11.9 Å². The Labute approximate surface area is 152 Å². The van der Waals surface area contributed by atoms with E-state index in [1.807, 2.05) is 17.0 Å². The molecule has 1 aliphatic carbocycles. The van der Waals surface area contributed by atoms with Crippen molar-refractivity contribution in [1.29, 1.82) is 0 Å². The van der Waals surface area contributed by atoms with E-state index in [-0.39, 0.29) is 36.5 Å². The summed E-state index contributed by atoms with van der Waals surface area (Å²) in [6.07, 6.45) is 4.03. The van der Waals surface area contributed by atoms with Crippen LogP contribution in [0.1, 0.15) is 43.2 Å². The number of nitrogens with zero attached hydrogens (tertiary/aromatic N) is 1. The van der Waals surface area contributed by atoms with E-state index in [0.29, 0.717) is 12.4 Å². The topological polar surface area (TPSA) is 65.1 Å². The zero-order valence-corrected chi connectivity index (χ0v) is 14.9. The van der Waals surface area contributed by atoms with Crippen molar-refractivity contribution < 1.29 is 23.8 Å². The third kappa shape index (κ3) is 2.17. The van der Waals surface area contributed by atoms with E-state index in [1.165, 1.54) is 0 Å². The van der Waals surface area contributed by atoms with Gasteiger partial charge in [-0.25, -0.2) is 0 Å². The van der Waals surface area contributed by atoms with Gasteiger partial charge in [0.15, 0.2) is 11.5 Å². The average Bonchev–Trinajstić information content (AvgIpc) is 3.21. The molecule has 6 heteroatoms. The molecule has 0 bridgehead atoms. The lowest BCUT2D eigenvalue weighted by atomic mass is 9.67. The van der Waals surface area contributed by atoms with Crippen molar-refractivity contribution in [3.63, 3.8) is 0 Å². The van der Waals surface area contributed by atoms with E-state index in [9.17, 15) is 9.59 Å². The molecule has 4 aliphatic rings. The van der Waals surface area contributed by atoms with Gasteiger partial charge in [-0.05, 0) is 61.8 Å². The second-order valence-electron chi connectivity index (χ2n) is 7.62. The molecule has 4 atom stereocenters. The van der Waals surface area contributed by atoms with Crippen LogP contribution in [0.15, 0.2) is 12.1 Å². The Balaban J connectivity index is 1.62. The summed E-state index contributed by atoms with van der Waals surface area (Å²) in [6, 6.07) is 4.13. The smallest absolute Gasteiger partial charge is 0.314 e. The van der Waals surface area contributed by atoms with E-state index >= 15 is 0 Å². The van der Waals surface area contributed by atoms with E-state index in [4.69, 9.17) is 14.2 Å². The summed E-state index contributed by atoms with van der Waals surface area (Å²) < 4.78 is 16.4. The van der Waals surface area contributed by atoms with E-state index in [2.05, 4.69) is 0 Å². The molecule has 0 aromatic heterocycles. The highest BCUT2D eigenvalue weighted by atomic mass is 16.7. The number of benzene rings is 1.